The second kappa shape index (κ2) is 14.8. The summed E-state index contributed by atoms with van der Waals surface area (Å²) in [5.74, 6) is -0.431. The van der Waals surface area contributed by atoms with Gasteiger partial charge in [0, 0.05) is 24.9 Å². The van der Waals surface area contributed by atoms with E-state index in [1.54, 1.807) is 0 Å². The molecule has 0 saturated carbocycles. The molecule has 0 aliphatic carbocycles. The van der Waals surface area contributed by atoms with Gasteiger partial charge in [-0.25, -0.2) is 0 Å². The number of fused-ring (bicyclic) bond motifs is 2. The maximum Gasteiger partial charge on any atom is 0.305 e. The highest BCUT2D eigenvalue weighted by Crippen LogP contribution is 2.38. The Morgan fingerprint density at radius 1 is 0.769 bits per heavy atom. The van der Waals surface area contributed by atoms with Crippen LogP contribution in [0.1, 0.15) is 72.6 Å². The highest BCUT2D eigenvalue weighted by atomic mass is 16.8. The zero-order valence-corrected chi connectivity index (χ0v) is 24.0. The Balaban J connectivity index is 1.30. The average Bonchev–Trinajstić information content (AvgIpc) is 2.92. The van der Waals surface area contributed by atoms with Gasteiger partial charge in [-0.05, 0) is 26.7 Å². The zero-order valence-electron chi connectivity index (χ0n) is 24.0. The van der Waals surface area contributed by atoms with Crippen LogP contribution in [0.3, 0.4) is 0 Å². The first-order valence-corrected chi connectivity index (χ1v) is 14.7. The Bertz CT molecular complexity index is 751. The van der Waals surface area contributed by atoms with Crippen molar-refractivity contribution in [2.45, 2.75) is 134 Å². The van der Waals surface area contributed by atoms with Gasteiger partial charge in [0.1, 0.15) is 24.4 Å². The molecule has 0 radical (unpaired) electrons. The van der Waals surface area contributed by atoms with Crippen molar-refractivity contribution in [2.75, 3.05) is 26.9 Å². The van der Waals surface area contributed by atoms with Gasteiger partial charge in [0.15, 0.2) is 25.2 Å². The summed E-state index contributed by atoms with van der Waals surface area (Å²) in [5, 5.41) is 11.1. The van der Waals surface area contributed by atoms with Gasteiger partial charge in [-0.2, -0.15) is 0 Å². The fourth-order valence-corrected chi connectivity index (χ4v) is 5.85. The SMILES string of the molecule is COC(=O)CCCCCCCCOC1OC2COC(C)O[C@H]2[C@H](C)C1O[C@@H]1OC2COC(C)O[C@H]2[C@H](C)C1O. The van der Waals surface area contributed by atoms with Crippen LogP contribution in [0, 0.1) is 11.8 Å². The highest BCUT2D eigenvalue weighted by molar-refractivity contribution is 5.68. The second-order valence-corrected chi connectivity index (χ2v) is 11.2. The lowest BCUT2D eigenvalue weighted by Crippen LogP contribution is -2.64. The molecule has 11 heteroatoms. The zero-order chi connectivity index (χ0) is 27.9. The van der Waals surface area contributed by atoms with Crippen molar-refractivity contribution in [3.8, 4) is 0 Å². The molecule has 11 nitrogen and oxygen atoms in total. The smallest absolute Gasteiger partial charge is 0.305 e. The largest absolute Gasteiger partial charge is 0.469 e. The molecule has 0 aromatic rings. The molecule has 4 fully saturated rings. The number of rotatable bonds is 12. The van der Waals surface area contributed by atoms with E-state index < -0.39 is 24.8 Å². The molecular weight excluding hydrogens is 512 g/mol. The van der Waals surface area contributed by atoms with Gasteiger partial charge in [0.2, 0.25) is 0 Å². The Morgan fingerprint density at radius 3 is 1.97 bits per heavy atom. The van der Waals surface area contributed by atoms with Crippen LogP contribution in [0.4, 0.5) is 0 Å². The summed E-state index contributed by atoms with van der Waals surface area (Å²) in [6.07, 6.45) is 1.72. The monoisotopic (exact) mass is 560 g/mol. The number of aliphatic hydroxyl groups excluding tert-OH is 1. The molecule has 0 aromatic heterocycles. The molecule has 0 aromatic carbocycles. The Labute approximate surface area is 232 Å². The standard InChI is InChI=1S/C28H48O11/c1-16-23(30)27(37-20-14-33-18(3)35-24(16)20)39-26-17(2)25-21(15-34-19(4)36-25)38-28(26)32-13-11-9-7-6-8-10-12-22(29)31-5/h16-21,23-28,30H,6-15H2,1-5H3/t16-,17+,18?,19?,20?,21?,23?,24+,25+,26?,27+,28?/m1/s1. The van der Waals surface area contributed by atoms with Crippen LogP contribution >= 0.6 is 0 Å². The Hall–Kier alpha value is -0.890. The molecule has 4 aliphatic rings. The minimum Gasteiger partial charge on any atom is -0.469 e. The lowest BCUT2D eigenvalue weighted by molar-refractivity contribution is -0.392. The van der Waals surface area contributed by atoms with E-state index in [1.807, 2.05) is 20.8 Å². The Morgan fingerprint density at radius 2 is 1.33 bits per heavy atom. The van der Waals surface area contributed by atoms with E-state index in [-0.39, 0.29) is 54.8 Å². The van der Waals surface area contributed by atoms with Gasteiger partial charge in [-0.15, -0.1) is 0 Å². The summed E-state index contributed by atoms with van der Waals surface area (Å²) in [6.45, 7) is 9.04. The van der Waals surface area contributed by atoms with Crippen LogP contribution in [0.25, 0.3) is 0 Å². The third-order valence-electron chi connectivity index (χ3n) is 8.26. The second-order valence-electron chi connectivity index (χ2n) is 11.2. The number of hydrogen-bond donors (Lipinski definition) is 1. The van der Waals surface area contributed by atoms with E-state index in [1.165, 1.54) is 7.11 Å². The molecule has 0 spiro atoms. The molecule has 4 rings (SSSR count). The van der Waals surface area contributed by atoms with E-state index in [0.717, 1.165) is 38.5 Å². The number of methoxy groups -OCH3 is 1. The van der Waals surface area contributed by atoms with Gasteiger partial charge < -0.3 is 47.7 Å². The number of hydrogen-bond acceptors (Lipinski definition) is 11. The summed E-state index contributed by atoms with van der Waals surface area (Å²) >= 11 is 0. The van der Waals surface area contributed by atoms with E-state index in [9.17, 15) is 9.90 Å². The first-order chi connectivity index (χ1) is 18.8. The molecule has 7 unspecified atom stereocenters. The van der Waals surface area contributed by atoms with Crippen LogP contribution in [0.5, 0.6) is 0 Å². The summed E-state index contributed by atoms with van der Waals surface area (Å²) in [5.41, 5.74) is 0. The fraction of sp³-hybridized carbons (Fsp3) is 0.964. The fourth-order valence-electron chi connectivity index (χ4n) is 5.85. The molecule has 4 saturated heterocycles. The normalized spacial score (nSPS) is 42.4. The third-order valence-corrected chi connectivity index (χ3v) is 8.26. The lowest BCUT2D eigenvalue weighted by atomic mass is 9.88. The number of ether oxygens (including phenoxy) is 9. The summed E-state index contributed by atoms with van der Waals surface area (Å²) in [4.78, 5) is 11.2. The van der Waals surface area contributed by atoms with Crippen LogP contribution < -0.4 is 0 Å². The number of carbonyl (C=O) groups is 1. The topological polar surface area (TPSA) is 120 Å². The van der Waals surface area contributed by atoms with Crippen LogP contribution in [-0.2, 0) is 47.4 Å². The molecule has 4 heterocycles. The number of carbonyl (C=O) groups excluding carboxylic acids is 1. The van der Waals surface area contributed by atoms with Crippen molar-refractivity contribution in [3.63, 3.8) is 0 Å². The maximum absolute atomic E-state index is 11.2. The average molecular weight is 561 g/mol. The first-order valence-electron chi connectivity index (χ1n) is 14.7. The van der Waals surface area contributed by atoms with Crippen molar-refractivity contribution in [2.24, 2.45) is 11.8 Å². The molecule has 39 heavy (non-hydrogen) atoms. The molecule has 4 aliphatic heterocycles. The summed E-state index contributed by atoms with van der Waals surface area (Å²) in [7, 11) is 1.42. The first kappa shape index (κ1) is 31.1. The lowest BCUT2D eigenvalue weighted by Gasteiger charge is -2.51. The molecule has 12 atom stereocenters. The van der Waals surface area contributed by atoms with E-state index in [2.05, 4.69) is 11.7 Å². The van der Waals surface area contributed by atoms with E-state index in [0.29, 0.717) is 26.2 Å². The van der Waals surface area contributed by atoms with Gasteiger partial charge in [0.25, 0.3) is 0 Å². The van der Waals surface area contributed by atoms with Crippen molar-refractivity contribution in [1.29, 1.82) is 0 Å². The third kappa shape index (κ3) is 8.11. The van der Waals surface area contributed by atoms with Crippen molar-refractivity contribution >= 4 is 5.97 Å². The van der Waals surface area contributed by atoms with E-state index >= 15 is 0 Å². The van der Waals surface area contributed by atoms with E-state index in [4.69, 9.17) is 37.9 Å². The van der Waals surface area contributed by atoms with Gasteiger partial charge >= 0.3 is 5.97 Å². The molecule has 226 valence electrons. The van der Waals surface area contributed by atoms with Gasteiger partial charge in [0.05, 0.1) is 32.5 Å². The summed E-state index contributed by atoms with van der Waals surface area (Å²) < 4.78 is 53.1. The minimum absolute atomic E-state index is 0.0855. The molecular formula is C28H48O11. The van der Waals surface area contributed by atoms with Gasteiger partial charge in [-0.1, -0.05) is 39.5 Å². The van der Waals surface area contributed by atoms with Crippen LogP contribution in [0.15, 0.2) is 0 Å². The predicted octanol–water partition coefficient (Wildman–Crippen LogP) is 2.90. The molecule has 0 amide bonds. The molecule has 0 bridgehead atoms. The predicted molar refractivity (Wildman–Crippen MR) is 137 cm³/mol. The number of aliphatic hydroxyl groups is 1. The highest BCUT2D eigenvalue weighted by Gasteiger charge is 2.52. The van der Waals surface area contributed by atoms with Crippen molar-refractivity contribution < 1.29 is 52.5 Å². The van der Waals surface area contributed by atoms with Crippen molar-refractivity contribution in [1.82, 2.24) is 0 Å². The van der Waals surface area contributed by atoms with Crippen LogP contribution in [0.2, 0.25) is 0 Å². The van der Waals surface area contributed by atoms with Crippen molar-refractivity contribution in [3.05, 3.63) is 0 Å². The summed E-state index contributed by atoms with van der Waals surface area (Å²) in [6, 6.07) is 0. The van der Waals surface area contributed by atoms with Crippen LogP contribution in [-0.4, -0.2) is 99.8 Å². The van der Waals surface area contributed by atoms with Gasteiger partial charge in [-0.3, -0.25) is 4.79 Å². The quantitative estimate of drug-likeness (QED) is 0.280. The number of unbranched alkanes of at least 4 members (excludes halogenated alkanes) is 5. The minimum atomic E-state index is -0.879. The Kier molecular flexibility index (Phi) is 11.8. The number of esters is 1. The molecule has 1 N–H and O–H groups in total. The maximum atomic E-state index is 11.2.